The summed E-state index contributed by atoms with van der Waals surface area (Å²) in [4.78, 5) is 12.2. The average Bonchev–Trinajstić information content (AvgIpc) is 2.46. The van der Waals surface area contributed by atoms with Crippen molar-refractivity contribution in [2.45, 2.75) is 13.8 Å². The highest BCUT2D eigenvalue weighted by Gasteiger charge is 2.13. The summed E-state index contributed by atoms with van der Waals surface area (Å²) in [6.45, 7) is 3.85. The lowest BCUT2D eigenvalue weighted by atomic mass is 10.1. The smallest absolute Gasteiger partial charge is 0.343 e. The molecule has 0 aromatic heterocycles. The first-order valence-electron chi connectivity index (χ1n) is 6.42. The van der Waals surface area contributed by atoms with E-state index in [1.54, 1.807) is 24.3 Å². The lowest BCUT2D eigenvalue weighted by Gasteiger charge is -2.10. The molecular formula is C17H15NO3. The number of rotatable bonds is 3. The Morgan fingerprint density at radius 1 is 1.05 bits per heavy atom. The molecule has 0 fully saturated rings. The lowest BCUT2D eigenvalue weighted by molar-refractivity contribution is 0.0729. The van der Waals surface area contributed by atoms with Crippen molar-refractivity contribution in [2.24, 2.45) is 0 Å². The summed E-state index contributed by atoms with van der Waals surface area (Å²) in [7, 11) is 1.46. The molecule has 0 bridgehead atoms. The summed E-state index contributed by atoms with van der Waals surface area (Å²) in [6, 6.07) is 12.2. The van der Waals surface area contributed by atoms with Crippen molar-refractivity contribution in [1.82, 2.24) is 0 Å². The topological polar surface area (TPSA) is 59.3 Å². The Balaban J connectivity index is 2.29. The van der Waals surface area contributed by atoms with E-state index in [9.17, 15) is 4.79 Å². The quantitative estimate of drug-likeness (QED) is 0.639. The van der Waals surface area contributed by atoms with Gasteiger partial charge in [-0.3, -0.25) is 0 Å². The molecule has 0 aliphatic rings. The van der Waals surface area contributed by atoms with Gasteiger partial charge in [-0.05, 0) is 38.1 Å². The third-order valence-corrected chi connectivity index (χ3v) is 2.95. The number of hydrogen-bond donors (Lipinski definition) is 0. The van der Waals surface area contributed by atoms with Gasteiger partial charge in [0.15, 0.2) is 11.5 Å². The summed E-state index contributed by atoms with van der Waals surface area (Å²) in [5.41, 5.74) is 2.92. The molecule has 0 atom stereocenters. The third kappa shape index (κ3) is 3.40. The van der Waals surface area contributed by atoms with Crippen LogP contribution in [0, 0.1) is 25.2 Å². The summed E-state index contributed by atoms with van der Waals surface area (Å²) >= 11 is 0. The molecule has 0 unspecified atom stereocenters. The average molecular weight is 281 g/mol. The number of hydrogen-bond acceptors (Lipinski definition) is 4. The fraction of sp³-hybridized carbons (Fsp3) is 0.176. The fourth-order valence-corrected chi connectivity index (χ4v) is 2.07. The number of methoxy groups -OCH3 is 1. The Bertz CT molecular complexity index is 709. The number of benzene rings is 2. The molecular weight excluding hydrogens is 266 g/mol. The maximum absolute atomic E-state index is 12.2. The SMILES string of the molecule is COc1cc(C#N)ccc1OC(=O)c1cc(C)cc(C)c1. The first-order valence-corrected chi connectivity index (χ1v) is 6.42. The van der Waals surface area contributed by atoms with Crippen molar-refractivity contribution < 1.29 is 14.3 Å². The van der Waals surface area contributed by atoms with Gasteiger partial charge in [0.05, 0.1) is 24.3 Å². The van der Waals surface area contributed by atoms with Gasteiger partial charge in [-0.1, -0.05) is 17.2 Å². The van der Waals surface area contributed by atoms with Crippen LogP contribution in [0.2, 0.25) is 0 Å². The lowest BCUT2D eigenvalue weighted by Crippen LogP contribution is -2.10. The number of aryl methyl sites for hydroxylation is 2. The zero-order valence-corrected chi connectivity index (χ0v) is 12.1. The monoisotopic (exact) mass is 281 g/mol. The molecule has 2 rings (SSSR count). The fourth-order valence-electron chi connectivity index (χ4n) is 2.07. The predicted molar refractivity (Wildman–Crippen MR) is 78.6 cm³/mol. The second-order valence-corrected chi connectivity index (χ2v) is 4.74. The highest BCUT2D eigenvalue weighted by molar-refractivity contribution is 5.91. The second-order valence-electron chi connectivity index (χ2n) is 4.74. The summed E-state index contributed by atoms with van der Waals surface area (Å²) < 4.78 is 10.5. The number of esters is 1. The molecule has 106 valence electrons. The van der Waals surface area contributed by atoms with Crippen molar-refractivity contribution in [3.8, 4) is 17.6 Å². The van der Waals surface area contributed by atoms with Gasteiger partial charge in [0.2, 0.25) is 0 Å². The number of ether oxygens (including phenoxy) is 2. The molecule has 0 N–H and O–H groups in total. The van der Waals surface area contributed by atoms with Crippen LogP contribution in [0.4, 0.5) is 0 Å². The first-order chi connectivity index (χ1) is 10.0. The van der Waals surface area contributed by atoms with Crippen LogP contribution < -0.4 is 9.47 Å². The third-order valence-electron chi connectivity index (χ3n) is 2.95. The van der Waals surface area contributed by atoms with Crippen LogP contribution in [-0.4, -0.2) is 13.1 Å². The molecule has 0 aliphatic carbocycles. The van der Waals surface area contributed by atoms with Crippen molar-refractivity contribution in [3.63, 3.8) is 0 Å². The number of nitriles is 1. The van der Waals surface area contributed by atoms with E-state index in [0.29, 0.717) is 22.6 Å². The van der Waals surface area contributed by atoms with Gasteiger partial charge < -0.3 is 9.47 Å². The van der Waals surface area contributed by atoms with Gasteiger partial charge in [-0.15, -0.1) is 0 Å². The Labute approximate surface area is 123 Å². The van der Waals surface area contributed by atoms with E-state index in [4.69, 9.17) is 14.7 Å². The summed E-state index contributed by atoms with van der Waals surface area (Å²) in [6.07, 6.45) is 0. The molecule has 21 heavy (non-hydrogen) atoms. The van der Waals surface area contributed by atoms with E-state index in [-0.39, 0.29) is 0 Å². The minimum Gasteiger partial charge on any atom is -0.493 e. The molecule has 0 amide bonds. The van der Waals surface area contributed by atoms with E-state index >= 15 is 0 Å². The Kier molecular flexibility index (Phi) is 4.24. The zero-order chi connectivity index (χ0) is 15.4. The van der Waals surface area contributed by atoms with Crippen LogP contribution in [0.1, 0.15) is 27.0 Å². The Hall–Kier alpha value is -2.80. The maximum atomic E-state index is 12.2. The van der Waals surface area contributed by atoms with E-state index in [2.05, 4.69) is 0 Å². The molecule has 0 saturated heterocycles. The Morgan fingerprint density at radius 2 is 1.71 bits per heavy atom. The molecule has 2 aromatic rings. The van der Waals surface area contributed by atoms with Crippen LogP contribution in [0.5, 0.6) is 11.5 Å². The van der Waals surface area contributed by atoms with E-state index in [0.717, 1.165) is 11.1 Å². The van der Waals surface area contributed by atoms with Gasteiger partial charge in [-0.2, -0.15) is 5.26 Å². The standard InChI is InChI=1S/C17H15NO3/c1-11-6-12(2)8-14(7-11)17(19)21-15-5-4-13(10-18)9-16(15)20-3/h4-9H,1-3H3. The molecule has 0 aliphatic heterocycles. The van der Waals surface area contributed by atoms with Crippen LogP contribution >= 0.6 is 0 Å². The van der Waals surface area contributed by atoms with Crippen LogP contribution in [0.3, 0.4) is 0 Å². The minimum absolute atomic E-state index is 0.292. The highest BCUT2D eigenvalue weighted by Crippen LogP contribution is 2.28. The van der Waals surface area contributed by atoms with Crippen molar-refractivity contribution in [1.29, 1.82) is 5.26 Å². The van der Waals surface area contributed by atoms with Gasteiger partial charge in [0.25, 0.3) is 0 Å². The summed E-state index contributed by atoms with van der Waals surface area (Å²) in [5.74, 6) is 0.192. The van der Waals surface area contributed by atoms with Crippen molar-refractivity contribution >= 4 is 5.97 Å². The molecule has 0 heterocycles. The molecule has 0 saturated carbocycles. The molecule has 2 aromatic carbocycles. The summed E-state index contributed by atoms with van der Waals surface area (Å²) in [5, 5.41) is 8.86. The first kappa shape index (κ1) is 14.6. The number of carbonyl (C=O) groups excluding carboxylic acids is 1. The molecule has 0 radical (unpaired) electrons. The van der Waals surface area contributed by atoms with Gasteiger partial charge in [0.1, 0.15) is 0 Å². The van der Waals surface area contributed by atoms with Gasteiger partial charge in [0, 0.05) is 6.07 Å². The number of nitrogens with zero attached hydrogens (tertiary/aromatic N) is 1. The number of carbonyl (C=O) groups is 1. The van der Waals surface area contributed by atoms with Gasteiger partial charge in [-0.25, -0.2) is 4.79 Å². The van der Waals surface area contributed by atoms with Crippen molar-refractivity contribution in [2.75, 3.05) is 7.11 Å². The van der Waals surface area contributed by atoms with E-state index < -0.39 is 5.97 Å². The second kappa shape index (κ2) is 6.10. The molecule has 4 heteroatoms. The van der Waals surface area contributed by atoms with Crippen LogP contribution in [-0.2, 0) is 0 Å². The van der Waals surface area contributed by atoms with Crippen LogP contribution in [0.25, 0.3) is 0 Å². The van der Waals surface area contributed by atoms with E-state index in [1.807, 2.05) is 26.0 Å². The minimum atomic E-state index is -0.454. The predicted octanol–water partition coefficient (Wildman–Crippen LogP) is 3.40. The molecule has 0 spiro atoms. The van der Waals surface area contributed by atoms with Crippen molar-refractivity contribution in [3.05, 3.63) is 58.7 Å². The van der Waals surface area contributed by atoms with E-state index in [1.165, 1.54) is 13.2 Å². The molecule has 4 nitrogen and oxygen atoms in total. The van der Waals surface area contributed by atoms with Crippen LogP contribution in [0.15, 0.2) is 36.4 Å². The largest absolute Gasteiger partial charge is 0.493 e. The Morgan fingerprint density at radius 3 is 2.29 bits per heavy atom. The highest BCUT2D eigenvalue weighted by atomic mass is 16.6. The zero-order valence-electron chi connectivity index (χ0n) is 12.1. The normalized spacial score (nSPS) is 9.81. The van der Waals surface area contributed by atoms with Gasteiger partial charge >= 0.3 is 5.97 Å². The maximum Gasteiger partial charge on any atom is 0.343 e.